The zero-order valence-corrected chi connectivity index (χ0v) is 18.3. The summed E-state index contributed by atoms with van der Waals surface area (Å²) in [6.45, 7) is 3.40. The van der Waals surface area contributed by atoms with Crippen molar-refractivity contribution in [1.82, 2.24) is 9.88 Å². The first-order valence-electron chi connectivity index (χ1n) is 9.52. The van der Waals surface area contributed by atoms with Crippen molar-refractivity contribution in [2.45, 2.75) is 13.3 Å². The zero-order chi connectivity index (χ0) is 20.4. The lowest BCUT2D eigenvalue weighted by Crippen LogP contribution is -2.29. The van der Waals surface area contributed by atoms with Gasteiger partial charge < -0.3 is 9.64 Å². The number of allylic oxidation sites excluding steroid dienone is 4. The Balaban J connectivity index is 1.55. The number of benzene rings is 1. The second kappa shape index (κ2) is 8.61. The van der Waals surface area contributed by atoms with Gasteiger partial charge >= 0.3 is 0 Å². The molecule has 0 spiro atoms. The molecule has 2 heterocycles. The molecule has 7 heteroatoms. The molecule has 0 N–H and O–H groups in total. The van der Waals surface area contributed by atoms with Gasteiger partial charge in [0.25, 0.3) is 0 Å². The number of rotatable bonds is 7. The van der Waals surface area contributed by atoms with Crippen LogP contribution in [0.5, 0.6) is 5.75 Å². The third-order valence-corrected chi connectivity index (χ3v) is 6.15. The van der Waals surface area contributed by atoms with Crippen molar-refractivity contribution >= 4 is 39.9 Å². The highest BCUT2D eigenvalue weighted by Gasteiger charge is 2.27. The highest BCUT2D eigenvalue weighted by molar-refractivity contribution is 7.09. The van der Waals surface area contributed by atoms with Crippen LogP contribution in [0.1, 0.15) is 16.1 Å². The van der Waals surface area contributed by atoms with Gasteiger partial charge in [-0.15, -0.1) is 11.3 Å². The standard InChI is InChI=1S/C22H23ClN4OS/c1-14-22(29-13-24-14)8-9-28-21-11-16(23)5-6-17(21)15-4-7-19-18(10-15)20(26-25-19)12-27(2)3/h4-7,10-11,13,18H,8-9,12H2,1-3H3. The smallest absolute Gasteiger partial charge is 0.128 e. The molecule has 1 unspecified atom stereocenters. The summed E-state index contributed by atoms with van der Waals surface area (Å²) in [4.78, 5) is 7.67. The van der Waals surface area contributed by atoms with E-state index in [0.717, 1.165) is 47.0 Å². The monoisotopic (exact) mass is 426 g/mol. The fourth-order valence-electron chi connectivity index (χ4n) is 3.45. The highest BCUT2D eigenvalue weighted by Crippen LogP contribution is 2.34. The summed E-state index contributed by atoms with van der Waals surface area (Å²) in [7, 11) is 4.08. The van der Waals surface area contributed by atoms with Crippen molar-refractivity contribution in [3.63, 3.8) is 0 Å². The van der Waals surface area contributed by atoms with E-state index in [2.05, 4.69) is 32.2 Å². The lowest BCUT2D eigenvalue weighted by atomic mass is 9.88. The maximum Gasteiger partial charge on any atom is 0.128 e. The Morgan fingerprint density at radius 1 is 1.21 bits per heavy atom. The van der Waals surface area contributed by atoms with Crippen LogP contribution >= 0.6 is 22.9 Å². The first-order valence-corrected chi connectivity index (χ1v) is 10.8. The normalized spacial score (nSPS) is 17.8. The minimum absolute atomic E-state index is 0.112. The van der Waals surface area contributed by atoms with Gasteiger partial charge in [-0.3, -0.25) is 0 Å². The zero-order valence-electron chi connectivity index (χ0n) is 16.7. The summed E-state index contributed by atoms with van der Waals surface area (Å²) in [5.74, 6) is 0.904. The van der Waals surface area contributed by atoms with Crippen LogP contribution in [-0.4, -0.2) is 48.6 Å². The highest BCUT2D eigenvalue weighted by atomic mass is 35.5. The average Bonchev–Trinajstić information content (AvgIpc) is 3.27. The molecule has 0 saturated carbocycles. The largest absolute Gasteiger partial charge is 0.493 e. The lowest BCUT2D eigenvalue weighted by molar-refractivity contribution is 0.322. The summed E-state index contributed by atoms with van der Waals surface area (Å²) in [6.07, 6.45) is 7.17. The number of hydrogen-bond acceptors (Lipinski definition) is 6. The molecule has 0 fully saturated rings. The van der Waals surface area contributed by atoms with Gasteiger partial charge in [0.15, 0.2) is 0 Å². The molecule has 4 rings (SSSR count). The lowest BCUT2D eigenvalue weighted by Gasteiger charge is -2.19. The number of aryl methyl sites for hydroxylation is 1. The molecule has 1 aromatic heterocycles. The number of nitrogens with zero attached hydrogens (tertiary/aromatic N) is 4. The van der Waals surface area contributed by atoms with E-state index in [9.17, 15) is 0 Å². The summed E-state index contributed by atoms with van der Waals surface area (Å²) in [6, 6.07) is 5.81. The number of hydrogen-bond donors (Lipinski definition) is 0. The van der Waals surface area contributed by atoms with Crippen LogP contribution in [-0.2, 0) is 6.42 Å². The number of aromatic nitrogens is 1. The van der Waals surface area contributed by atoms with Crippen molar-refractivity contribution in [3.8, 4) is 5.75 Å². The van der Waals surface area contributed by atoms with E-state index in [1.54, 1.807) is 11.3 Å². The quantitative estimate of drug-likeness (QED) is 0.646. The van der Waals surface area contributed by atoms with Crippen molar-refractivity contribution in [3.05, 3.63) is 63.1 Å². The number of thiazole rings is 1. The molecule has 1 aromatic carbocycles. The molecule has 29 heavy (non-hydrogen) atoms. The van der Waals surface area contributed by atoms with Gasteiger partial charge in [-0.1, -0.05) is 23.8 Å². The number of halogens is 1. The molecule has 2 aliphatic rings. The molecule has 1 aliphatic carbocycles. The second-order valence-electron chi connectivity index (χ2n) is 7.39. The molecule has 0 saturated heterocycles. The Hall–Kier alpha value is -2.28. The van der Waals surface area contributed by atoms with Gasteiger partial charge in [0.2, 0.25) is 0 Å². The molecular formula is C22H23ClN4OS. The molecule has 0 bridgehead atoms. The summed E-state index contributed by atoms with van der Waals surface area (Å²) in [5.41, 5.74) is 7.13. The van der Waals surface area contributed by atoms with Crippen molar-refractivity contribution in [2.75, 3.05) is 27.2 Å². The van der Waals surface area contributed by atoms with E-state index < -0.39 is 0 Å². The van der Waals surface area contributed by atoms with Gasteiger partial charge in [0, 0.05) is 28.4 Å². The third-order valence-electron chi connectivity index (χ3n) is 4.92. The van der Waals surface area contributed by atoms with Gasteiger partial charge in [0.1, 0.15) is 5.75 Å². The first-order chi connectivity index (χ1) is 14.0. The fraction of sp³-hybridized carbons (Fsp3) is 0.318. The average molecular weight is 427 g/mol. The van der Waals surface area contributed by atoms with Crippen LogP contribution in [0.3, 0.4) is 0 Å². The van der Waals surface area contributed by atoms with E-state index in [-0.39, 0.29) is 5.92 Å². The predicted molar refractivity (Wildman–Crippen MR) is 122 cm³/mol. The molecule has 1 atom stereocenters. The second-order valence-corrected chi connectivity index (χ2v) is 8.76. The maximum absolute atomic E-state index is 6.26. The van der Waals surface area contributed by atoms with E-state index in [0.29, 0.717) is 11.6 Å². The fourth-order valence-corrected chi connectivity index (χ4v) is 4.38. The van der Waals surface area contributed by atoms with Gasteiger partial charge in [-0.05, 0) is 50.9 Å². The van der Waals surface area contributed by atoms with Gasteiger partial charge in [-0.2, -0.15) is 10.2 Å². The molecule has 150 valence electrons. The van der Waals surface area contributed by atoms with Crippen LogP contribution in [0.2, 0.25) is 5.02 Å². The van der Waals surface area contributed by atoms with E-state index in [1.807, 2.05) is 50.8 Å². The third kappa shape index (κ3) is 4.50. The van der Waals surface area contributed by atoms with Crippen molar-refractivity contribution in [2.24, 2.45) is 16.1 Å². The Kier molecular flexibility index (Phi) is 5.94. The molecule has 0 radical (unpaired) electrons. The Morgan fingerprint density at radius 3 is 2.83 bits per heavy atom. The van der Waals surface area contributed by atoms with Gasteiger partial charge in [-0.25, -0.2) is 4.98 Å². The molecule has 2 aromatic rings. The molecule has 5 nitrogen and oxygen atoms in total. The minimum atomic E-state index is 0.112. The van der Waals surface area contributed by atoms with E-state index >= 15 is 0 Å². The van der Waals surface area contributed by atoms with Crippen LogP contribution in [0.25, 0.3) is 5.57 Å². The van der Waals surface area contributed by atoms with Gasteiger partial charge in [0.05, 0.1) is 35.2 Å². The topological polar surface area (TPSA) is 50.1 Å². The van der Waals surface area contributed by atoms with E-state index in [4.69, 9.17) is 16.3 Å². The summed E-state index contributed by atoms with van der Waals surface area (Å²) < 4.78 is 6.15. The summed E-state index contributed by atoms with van der Waals surface area (Å²) >= 11 is 7.93. The van der Waals surface area contributed by atoms with Crippen LogP contribution < -0.4 is 4.74 Å². The number of ether oxygens (including phenoxy) is 1. The van der Waals surface area contributed by atoms with Crippen molar-refractivity contribution < 1.29 is 4.74 Å². The van der Waals surface area contributed by atoms with Crippen LogP contribution in [0.4, 0.5) is 0 Å². The molecule has 0 amide bonds. The molecule has 1 aliphatic heterocycles. The first kappa shape index (κ1) is 20.0. The number of fused-ring (bicyclic) bond motifs is 1. The summed E-state index contributed by atoms with van der Waals surface area (Å²) in [5, 5.41) is 9.38. The Bertz CT molecular complexity index is 1040. The van der Waals surface area contributed by atoms with E-state index in [1.165, 1.54) is 4.88 Å². The van der Waals surface area contributed by atoms with Crippen LogP contribution in [0.15, 0.2) is 52.1 Å². The van der Waals surface area contributed by atoms with Crippen molar-refractivity contribution in [1.29, 1.82) is 0 Å². The molecular weight excluding hydrogens is 404 g/mol. The van der Waals surface area contributed by atoms with Crippen LogP contribution in [0, 0.1) is 12.8 Å². The Labute approximate surface area is 180 Å². The predicted octanol–water partition coefficient (Wildman–Crippen LogP) is 4.67. The minimum Gasteiger partial charge on any atom is -0.493 e. The SMILES string of the molecule is Cc1ncsc1CCOc1cc(Cl)ccc1C1=CC2C(=NN=C2CN(C)C)C=C1. The maximum atomic E-state index is 6.26. The Morgan fingerprint density at radius 2 is 2.07 bits per heavy atom.